The van der Waals surface area contributed by atoms with Crippen LogP contribution >= 0.6 is 0 Å². The summed E-state index contributed by atoms with van der Waals surface area (Å²) in [5.41, 5.74) is 1.05. The quantitative estimate of drug-likeness (QED) is 0.788. The van der Waals surface area contributed by atoms with Gasteiger partial charge in [0.05, 0.1) is 17.7 Å². The first kappa shape index (κ1) is 13.4. The average Bonchev–Trinajstić information content (AvgIpc) is 3.02. The molecule has 0 amide bonds. The van der Waals surface area contributed by atoms with E-state index in [-0.39, 0.29) is 18.3 Å². The maximum absolute atomic E-state index is 5.99. The van der Waals surface area contributed by atoms with E-state index in [1.54, 1.807) is 17.1 Å². The zero-order chi connectivity index (χ0) is 14.4. The van der Waals surface area contributed by atoms with Gasteiger partial charge in [-0.1, -0.05) is 0 Å². The Morgan fingerprint density at radius 3 is 2.50 bits per heavy atom. The van der Waals surface area contributed by atoms with Gasteiger partial charge in [0.15, 0.2) is 6.39 Å². The van der Waals surface area contributed by atoms with Gasteiger partial charge in [-0.25, -0.2) is 4.98 Å². The molecule has 1 aliphatic rings. The summed E-state index contributed by atoms with van der Waals surface area (Å²) in [4.78, 5) is 4.07. The van der Waals surface area contributed by atoms with Crippen molar-refractivity contribution in [3.63, 3.8) is 0 Å². The minimum Gasteiger partial charge on any atom is -0.451 e. The predicted octanol–water partition coefficient (Wildman–Crippen LogP) is 1.22. The molecule has 20 heavy (non-hydrogen) atoms. The third-order valence-corrected chi connectivity index (χ3v) is 3.99. The lowest BCUT2D eigenvalue weighted by atomic mass is 9.82. The molecule has 0 saturated carbocycles. The van der Waals surface area contributed by atoms with Crippen molar-refractivity contribution in [3.8, 4) is 0 Å². The molecule has 0 aromatic carbocycles. The number of hydrogen-bond acceptors (Lipinski definition) is 5. The Bertz CT molecular complexity index is 576. The van der Waals surface area contributed by atoms with Crippen molar-refractivity contribution in [1.82, 2.24) is 14.8 Å². The first-order valence-corrected chi connectivity index (χ1v) is 6.62. The normalized spacial score (nSPS) is 20.5. The molecule has 0 spiro atoms. The molecule has 0 radical (unpaired) electrons. The SMILES string of the molecule is CC1(C)OB(c2cnn(Cc3cocn3)c2)OC1(C)C. The van der Waals surface area contributed by atoms with Crippen LogP contribution in [-0.2, 0) is 15.9 Å². The van der Waals surface area contributed by atoms with Gasteiger partial charge in [-0.3, -0.25) is 4.68 Å². The Labute approximate surface area is 118 Å². The molecule has 1 saturated heterocycles. The third-order valence-electron chi connectivity index (χ3n) is 3.99. The molecule has 7 heteroatoms. The van der Waals surface area contributed by atoms with Crippen molar-refractivity contribution in [2.24, 2.45) is 0 Å². The summed E-state index contributed by atoms with van der Waals surface area (Å²) in [6.07, 6.45) is 6.70. The predicted molar refractivity (Wildman–Crippen MR) is 73.5 cm³/mol. The Balaban J connectivity index is 1.75. The highest BCUT2D eigenvalue weighted by molar-refractivity contribution is 6.61. The molecule has 0 aliphatic carbocycles. The second-order valence-electron chi connectivity index (χ2n) is 6.04. The van der Waals surface area contributed by atoms with E-state index in [4.69, 9.17) is 13.7 Å². The smallest absolute Gasteiger partial charge is 0.451 e. The summed E-state index contributed by atoms with van der Waals surface area (Å²) in [5, 5.41) is 4.31. The van der Waals surface area contributed by atoms with Crippen LogP contribution in [0.4, 0.5) is 0 Å². The molecule has 3 rings (SSSR count). The summed E-state index contributed by atoms with van der Waals surface area (Å²) in [6, 6.07) is 0. The number of nitrogens with zero attached hydrogens (tertiary/aromatic N) is 3. The van der Waals surface area contributed by atoms with E-state index >= 15 is 0 Å². The van der Waals surface area contributed by atoms with Crippen molar-refractivity contribution in [1.29, 1.82) is 0 Å². The van der Waals surface area contributed by atoms with Gasteiger partial charge in [0.1, 0.15) is 12.0 Å². The van der Waals surface area contributed by atoms with Crippen LogP contribution in [0.5, 0.6) is 0 Å². The summed E-state index contributed by atoms with van der Waals surface area (Å²) >= 11 is 0. The lowest BCUT2D eigenvalue weighted by Gasteiger charge is -2.32. The number of oxazole rings is 1. The molecule has 0 bridgehead atoms. The Morgan fingerprint density at radius 2 is 1.90 bits per heavy atom. The van der Waals surface area contributed by atoms with Gasteiger partial charge in [0.25, 0.3) is 0 Å². The fourth-order valence-corrected chi connectivity index (χ4v) is 2.05. The highest BCUT2D eigenvalue weighted by atomic mass is 16.7. The molecule has 6 nitrogen and oxygen atoms in total. The highest BCUT2D eigenvalue weighted by Crippen LogP contribution is 2.36. The molecule has 2 aromatic heterocycles. The van der Waals surface area contributed by atoms with Gasteiger partial charge in [-0.15, -0.1) is 0 Å². The number of aromatic nitrogens is 3. The van der Waals surface area contributed by atoms with Crippen LogP contribution in [0.2, 0.25) is 0 Å². The van der Waals surface area contributed by atoms with Gasteiger partial charge in [0, 0.05) is 17.9 Å². The first-order chi connectivity index (χ1) is 9.37. The summed E-state index contributed by atoms with van der Waals surface area (Å²) in [6.45, 7) is 8.70. The van der Waals surface area contributed by atoms with Gasteiger partial charge in [-0.05, 0) is 27.7 Å². The van der Waals surface area contributed by atoms with E-state index in [2.05, 4.69) is 10.1 Å². The second-order valence-corrected chi connectivity index (χ2v) is 6.04. The first-order valence-electron chi connectivity index (χ1n) is 6.62. The lowest BCUT2D eigenvalue weighted by molar-refractivity contribution is 0.00578. The number of hydrogen-bond donors (Lipinski definition) is 0. The molecule has 0 unspecified atom stereocenters. The van der Waals surface area contributed by atoms with Crippen LogP contribution in [0.1, 0.15) is 33.4 Å². The molecule has 3 heterocycles. The maximum Gasteiger partial charge on any atom is 0.498 e. The van der Waals surface area contributed by atoms with E-state index in [9.17, 15) is 0 Å². The van der Waals surface area contributed by atoms with Crippen LogP contribution in [0.25, 0.3) is 0 Å². The average molecular weight is 275 g/mol. The van der Waals surface area contributed by atoms with Gasteiger partial charge in [-0.2, -0.15) is 5.10 Å². The minimum atomic E-state index is -0.383. The zero-order valence-electron chi connectivity index (χ0n) is 12.2. The van der Waals surface area contributed by atoms with Gasteiger partial charge >= 0.3 is 7.12 Å². The van der Waals surface area contributed by atoms with E-state index < -0.39 is 0 Å². The van der Waals surface area contributed by atoms with Crippen molar-refractivity contribution >= 4 is 12.6 Å². The summed E-state index contributed by atoms with van der Waals surface area (Å²) < 4.78 is 18.7. The third kappa shape index (κ3) is 2.27. The van der Waals surface area contributed by atoms with Crippen molar-refractivity contribution in [2.45, 2.75) is 45.4 Å². The van der Waals surface area contributed by atoms with Crippen molar-refractivity contribution in [3.05, 3.63) is 30.7 Å². The topological polar surface area (TPSA) is 62.3 Å². The highest BCUT2D eigenvalue weighted by Gasteiger charge is 2.52. The van der Waals surface area contributed by atoms with Gasteiger partial charge in [0.2, 0.25) is 0 Å². The number of rotatable bonds is 3. The largest absolute Gasteiger partial charge is 0.498 e. The maximum atomic E-state index is 5.99. The molecule has 0 atom stereocenters. The molecule has 0 N–H and O–H groups in total. The zero-order valence-corrected chi connectivity index (χ0v) is 12.2. The van der Waals surface area contributed by atoms with Crippen LogP contribution in [0.3, 0.4) is 0 Å². The fraction of sp³-hybridized carbons (Fsp3) is 0.538. The van der Waals surface area contributed by atoms with Crippen LogP contribution in [0, 0.1) is 0 Å². The van der Waals surface area contributed by atoms with Crippen molar-refractivity contribution < 1.29 is 13.7 Å². The summed E-state index contributed by atoms with van der Waals surface area (Å²) in [5.74, 6) is 0. The Kier molecular flexibility index (Phi) is 2.99. The van der Waals surface area contributed by atoms with Crippen LogP contribution in [-0.4, -0.2) is 33.1 Å². The van der Waals surface area contributed by atoms with Gasteiger partial charge < -0.3 is 13.7 Å². The molecule has 106 valence electrons. The fourth-order valence-electron chi connectivity index (χ4n) is 2.05. The minimum absolute atomic E-state index is 0.341. The molecule has 1 aliphatic heterocycles. The second kappa shape index (κ2) is 4.46. The standard InChI is InChI=1S/C13H18BN3O3/c1-12(2)13(3,4)20-14(19-12)10-5-16-17(6-10)7-11-8-18-9-15-11/h5-6,8-9H,7H2,1-4H3. The van der Waals surface area contributed by atoms with Crippen LogP contribution in [0.15, 0.2) is 29.5 Å². The van der Waals surface area contributed by atoms with Crippen molar-refractivity contribution in [2.75, 3.05) is 0 Å². The lowest BCUT2D eigenvalue weighted by Crippen LogP contribution is -2.41. The monoisotopic (exact) mass is 275 g/mol. The Morgan fingerprint density at radius 1 is 1.20 bits per heavy atom. The molecule has 2 aromatic rings. The van der Waals surface area contributed by atoms with E-state index in [0.717, 1.165) is 11.2 Å². The van der Waals surface area contributed by atoms with Crippen LogP contribution < -0.4 is 5.46 Å². The molecular weight excluding hydrogens is 257 g/mol. The van der Waals surface area contributed by atoms with E-state index in [1.807, 2.05) is 33.9 Å². The summed E-state index contributed by atoms with van der Waals surface area (Å²) in [7, 11) is -0.383. The van der Waals surface area contributed by atoms with E-state index in [0.29, 0.717) is 6.54 Å². The molecule has 1 fully saturated rings. The Hall–Kier alpha value is -1.60. The van der Waals surface area contributed by atoms with E-state index in [1.165, 1.54) is 6.39 Å². The molecular formula is C13H18BN3O3.